The summed E-state index contributed by atoms with van der Waals surface area (Å²) in [7, 11) is 0. The molecule has 1 saturated heterocycles. The van der Waals surface area contributed by atoms with Crippen molar-refractivity contribution in [2.45, 2.75) is 0 Å². The fourth-order valence-electron chi connectivity index (χ4n) is 3.07. The van der Waals surface area contributed by atoms with Crippen molar-refractivity contribution in [2.75, 3.05) is 31.1 Å². The van der Waals surface area contributed by atoms with Crippen LogP contribution in [0.3, 0.4) is 0 Å². The largest absolute Gasteiger partial charge is 0.368 e. The Morgan fingerprint density at radius 3 is 2.58 bits per heavy atom. The Morgan fingerprint density at radius 1 is 1.08 bits per heavy atom. The molecule has 0 atom stereocenters. The number of hydrogen-bond donors (Lipinski definition) is 1. The van der Waals surface area contributed by atoms with Crippen LogP contribution in [0.15, 0.2) is 43.0 Å². The van der Waals surface area contributed by atoms with Gasteiger partial charge < -0.3 is 14.8 Å². The number of piperazine rings is 1. The first-order valence-corrected chi connectivity index (χ1v) is 7.80. The summed E-state index contributed by atoms with van der Waals surface area (Å²) >= 11 is 0. The highest BCUT2D eigenvalue weighted by Crippen LogP contribution is 2.22. The molecule has 0 radical (unpaired) electrons. The molecule has 0 aliphatic carbocycles. The number of nitrogens with zero attached hydrogens (tertiary/aromatic N) is 4. The van der Waals surface area contributed by atoms with Gasteiger partial charge in [-0.3, -0.25) is 9.78 Å². The highest BCUT2D eigenvalue weighted by Gasteiger charge is 2.26. The number of amides is 1. The average molecular weight is 325 g/mol. The van der Waals surface area contributed by atoms with Gasteiger partial charge in [-0.1, -0.05) is 0 Å². The quantitative estimate of drug-likeness (QED) is 0.783. The maximum Gasteiger partial charge on any atom is 0.259 e. The van der Waals surface area contributed by atoms with Gasteiger partial charge in [0.05, 0.1) is 11.8 Å². The molecule has 3 aromatic rings. The van der Waals surface area contributed by atoms with Crippen LogP contribution in [0.4, 0.5) is 10.1 Å². The summed E-state index contributed by atoms with van der Waals surface area (Å²) in [5.74, 6) is -0.837. The molecule has 1 N–H and O–H groups in total. The maximum atomic E-state index is 14.2. The Hall–Kier alpha value is -2.96. The standard InChI is InChI=1S/C17H16FN5O/c18-13-1-2-14-16(21-11-20-14)15(13)17(24)23-9-7-22(8-10-23)12-3-5-19-6-4-12/h1-6,11H,7-10H2,(H,20,21). The SMILES string of the molecule is O=C(c1c(F)ccc2[nH]cnc12)N1CCN(c2ccncc2)CC1. The lowest BCUT2D eigenvalue weighted by atomic mass is 10.1. The van der Waals surface area contributed by atoms with Crippen molar-refractivity contribution in [3.8, 4) is 0 Å². The molecule has 0 spiro atoms. The molecule has 2 aromatic heterocycles. The third-order valence-electron chi connectivity index (χ3n) is 4.35. The van der Waals surface area contributed by atoms with Crippen molar-refractivity contribution < 1.29 is 9.18 Å². The molecule has 0 unspecified atom stereocenters. The zero-order valence-electron chi connectivity index (χ0n) is 12.9. The van der Waals surface area contributed by atoms with Crippen molar-refractivity contribution in [1.29, 1.82) is 0 Å². The Bertz CT molecular complexity index is 871. The van der Waals surface area contributed by atoms with Gasteiger partial charge in [-0.05, 0) is 24.3 Å². The number of rotatable bonds is 2. The summed E-state index contributed by atoms with van der Waals surface area (Å²) < 4.78 is 14.2. The van der Waals surface area contributed by atoms with Gasteiger partial charge >= 0.3 is 0 Å². The van der Waals surface area contributed by atoms with Crippen molar-refractivity contribution in [1.82, 2.24) is 19.9 Å². The third-order valence-corrected chi connectivity index (χ3v) is 4.35. The number of carbonyl (C=O) groups excluding carboxylic acids is 1. The van der Waals surface area contributed by atoms with Gasteiger partial charge in [0.25, 0.3) is 5.91 Å². The van der Waals surface area contributed by atoms with Gasteiger partial charge in [-0.15, -0.1) is 0 Å². The van der Waals surface area contributed by atoms with Crippen LogP contribution in [-0.4, -0.2) is 51.9 Å². The number of pyridine rings is 1. The van der Waals surface area contributed by atoms with E-state index in [0.717, 1.165) is 5.69 Å². The Kier molecular flexibility index (Phi) is 3.60. The molecular formula is C17H16FN5O. The Morgan fingerprint density at radius 2 is 1.83 bits per heavy atom. The minimum atomic E-state index is -0.531. The zero-order chi connectivity index (χ0) is 16.5. The summed E-state index contributed by atoms with van der Waals surface area (Å²) in [5, 5.41) is 0. The zero-order valence-corrected chi connectivity index (χ0v) is 12.9. The number of aromatic nitrogens is 3. The van der Waals surface area contributed by atoms with Crippen LogP contribution in [-0.2, 0) is 0 Å². The molecule has 4 rings (SSSR count). The van der Waals surface area contributed by atoms with Crippen LogP contribution >= 0.6 is 0 Å². The molecule has 1 aromatic carbocycles. The number of fused-ring (bicyclic) bond motifs is 1. The molecule has 0 bridgehead atoms. The monoisotopic (exact) mass is 325 g/mol. The minimum absolute atomic E-state index is 0.0473. The van der Waals surface area contributed by atoms with E-state index >= 15 is 0 Å². The van der Waals surface area contributed by atoms with Crippen LogP contribution in [0.5, 0.6) is 0 Å². The van der Waals surface area contributed by atoms with Gasteiger partial charge in [-0.25, -0.2) is 9.37 Å². The van der Waals surface area contributed by atoms with Crippen LogP contribution in [0.2, 0.25) is 0 Å². The van der Waals surface area contributed by atoms with E-state index in [-0.39, 0.29) is 11.5 Å². The lowest BCUT2D eigenvalue weighted by Crippen LogP contribution is -2.49. The van der Waals surface area contributed by atoms with E-state index in [1.807, 2.05) is 12.1 Å². The number of benzene rings is 1. The number of imidazole rings is 1. The Balaban J connectivity index is 1.54. The molecule has 3 heterocycles. The first kappa shape index (κ1) is 14.6. The normalized spacial score (nSPS) is 15.0. The second kappa shape index (κ2) is 5.92. The van der Waals surface area contributed by atoms with Crippen molar-refractivity contribution in [3.05, 3.63) is 54.4 Å². The van der Waals surface area contributed by atoms with Gasteiger partial charge in [0, 0.05) is 44.3 Å². The minimum Gasteiger partial charge on any atom is -0.368 e. The van der Waals surface area contributed by atoms with Gasteiger partial charge in [0.15, 0.2) is 0 Å². The molecule has 1 amide bonds. The topological polar surface area (TPSA) is 65.1 Å². The summed E-state index contributed by atoms with van der Waals surface area (Å²) in [6, 6.07) is 6.79. The van der Waals surface area contributed by atoms with Crippen molar-refractivity contribution >= 4 is 22.6 Å². The smallest absolute Gasteiger partial charge is 0.259 e. The number of anilines is 1. The van der Waals surface area contributed by atoms with Gasteiger partial charge in [0.1, 0.15) is 16.9 Å². The first-order valence-electron chi connectivity index (χ1n) is 7.80. The van der Waals surface area contributed by atoms with E-state index in [2.05, 4.69) is 19.9 Å². The molecule has 0 saturated carbocycles. The van der Waals surface area contributed by atoms with Crippen LogP contribution < -0.4 is 4.90 Å². The molecular weight excluding hydrogens is 309 g/mol. The predicted molar refractivity (Wildman–Crippen MR) is 88.4 cm³/mol. The maximum absolute atomic E-state index is 14.2. The molecule has 1 aliphatic heterocycles. The summed E-state index contributed by atoms with van der Waals surface area (Å²) in [6.07, 6.45) is 4.98. The second-order valence-electron chi connectivity index (χ2n) is 5.71. The van der Waals surface area contributed by atoms with E-state index in [1.165, 1.54) is 12.4 Å². The predicted octanol–water partition coefficient (Wildman–Crippen LogP) is 2.06. The summed E-state index contributed by atoms with van der Waals surface area (Å²) in [6.45, 7) is 2.49. The molecule has 24 heavy (non-hydrogen) atoms. The van der Waals surface area contributed by atoms with Crippen molar-refractivity contribution in [3.63, 3.8) is 0 Å². The van der Waals surface area contributed by atoms with E-state index in [9.17, 15) is 9.18 Å². The molecule has 7 heteroatoms. The van der Waals surface area contributed by atoms with Gasteiger partial charge in [0.2, 0.25) is 0 Å². The highest BCUT2D eigenvalue weighted by molar-refractivity contribution is 6.05. The lowest BCUT2D eigenvalue weighted by Gasteiger charge is -2.36. The number of H-pyrrole nitrogens is 1. The third kappa shape index (κ3) is 2.47. The van der Waals surface area contributed by atoms with Crippen LogP contribution in [0.25, 0.3) is 11.0 Å². The summed E-state index contributed by atoms with van der Waals surface area (Å²) in [4.78, 5) is 27.7. The number of halogens is 1. The first-order chi connectivity index (χ1) is 11.7. The lowest BCUT2D eigenvalue weighted by molar-refractivity contribution is 0.0744. The number of nitrogens with one attached hydrogen (secondary N) is 1. The number of carbonyl (C=O) groups is 1. The van der Waals surface area contributed by atoms with E-state index in [0.29, 0.717) is 37.2 Å². The van der Waals surface area contributed by atoms with Crippen LogP contribution in [0, 0.1) is 5.82 Å². The number of aromatic amines is 1. The second-order valence-corrected chi connectivity index (χ2v) is 5.71. The molecule has 6 nitrogen and oxygen atoms in total. The molecule has 1 aliphatic rings. The fourth-order valence-corrected chi connectivity index (χ4v) is 3.07. The van der Waals surface area contributed by atoms with Crippen molar-refractivity contribution in [2.24, 2.45) is 0 Å². The van der Waals surface area contributed by atoms with Crippen LogP contribution in [0.1, 0.15) is 10.4 Å². The van der Waals surface area contributed by atoms with E-state index in [1.54, 1.807) is 23.4 Å². The van der Waals surface area contributed by atoms with Gasteiger partial charge in [-0.2, -0.15) is 0 Å². The Labute approximate surface area is 137 Å². The fraction of sp³-hybridized carbons (Fsp3) is 0.235. The highest BCUT2D eigenvalue weighted by atomic mass is 19.1. The average Bonchev–Trinajstić information content (AvgIpc) is 3.10. The number of hydrogen-bond acceptors (Lipinski definition) is 4. The molecule has 1 fully saturated rings. The summed E-state index contributed by atoms with van der Waals surface area (Å²) in [5.41, 5.74) is 2.18. The van der Waals surface area contributed by atoms with E-state index in [4.69, 9.17) is 0 Å². The van der Waals surface area contributed by atoms with E-state index < -0.39 is 5.82 Å². The molecule has 122 valence electrons.